The van der Waals surface area contributed by atoms with E-state index in [0.29, 0.717) is 25.3 Å². The molecule has 5 rings (SSSR count). The first kappa shape index (κ1) is 23.4. The zero-order valence-corrected chi connectivity index (χ0v) is 19.8. The van der Waals surface area contributed by atoms with Gasteiger partial charge in [-0.2, -0.15) is 0 Å². The average Bonchev–Trinajstić information content (AvgIpc) is 3.29. The zero-order valence-electron chi connectivity index (χ0n) is 19.8. The van der Waals surface area contributed by atoms with Gasteiger partial charge in [0.2, 0.25) is 5.91 Å². The summed E-state index contributed by atoms with van der Waals surface area (Å²) in [5, 5.41) is 15.0. The van der Waals surface area contributed by atoms with Crippen molar-refractivity contribution < 1.29 is 24.2 Å². The fourth-order valence-electron chi connectivity index (χ4n) is 5.82. The molecule has 3 aliphatic rings. The largest absolute Gasteiger partial charge is 0.481 e. The molecule has 2 aromatic rings. The summed E-state index contributed by atoms with van der Waals surface area (Å²) in [5.74, 6) is -0.880. The number of hydrogen-bond donors (Lipinski definition) is 3. The smallest absolute Gasteiger partial charge is 0.408 e. The summed E-state index contributed by atoms with van der Waals surface area (Å²) >= 11 is 0. The van der Waals surface area contributed by atoms with Crippen molar-refractivity contribution in [3.05, 3.63) is 59.7 Å². The van der Waals surface area contributed by atoms with Gasteiger partial charge in [0, 0.05) is 12.5 Å². The fourth-order valence-corrected chi connectivity index (χ4v) is 5.82. The minimum atomic E-state index is -0.952. The van der Waals surface area contributed by atoms with Gasteiger partial charge in [0.05, 0.1) is 6.42 Å². The maximum absolute atomic E-state index is 12.9. The highest BCUT2D eigenvalue weighted by molar-refractivity contribution is 5.92. The Morgan fingerprint density at radius 2 is 1.57 bits per heavy atom. The molecule has 0 aliphatic heterocycles. The molecular weight excluding hydrogens is 444 g/mol. The number of nitrogens with one attached hydrogen (secondary N) is 2. The van der Waals surface area contributed by atoms with E-state index in [1.54, 1.807) is 0 Å². The van der Waals surface area contributed by atoms with E-state index < -0.39 is 17.6 Å². The normalized spacial score (nSPS) is 18.9. The summed E-state index contributed by atoms with van der Waals surface area (Å²) in [7, 11) is 0. The number of amides is 2. The molecule has 7 heteroatoms. The molecule has 2 fully saturated rings. The van der Waals surface area contributed by atoms with Crippen LogP contribution in [0.2, 0.25) is 0 Å². The lowest BCUT2D eigenvalue weighted by Crippen LogP contribution is -2.50. The molecule has 0 bridgehead atoms. The number of alkyl carbamates (subject to hydrolysis) is 1. The molecular formula is C28H32N2O5. The van der Waals surface area contributed by atoms with Gasteiger partial charge >= 0.3 is 12.1 Å². The molecule has 184 valence electrons. The van der Waals surface area contributed by atoms with Crippen LogP contribution in [0.15, 0.2) is 48.5 Å². The molecule has 1 atom stereocenters. The SMILES string of the molecule is O=C(O)CC(CNC(=O)C1(NC(=O)OCC2c3ccccc3-c3ccccc32)CC1)C1CCCC1. The number of aliphatic carboxylic acids is 1. The van der Waals surface area contributed by atoms with Crippen molar-refractivity contribution in [1.29, 1.82) is 0 Å². The van der Waals surface area contributed by atoms with Gasteiger partial charge < -0.3 is 20.5 Å². The van der Waals surface area contributed by atoms with Crippen LogP contribution < -0.4 is 10.6 Å². The van der Waals surface area contributed by atoms with Crippen LogP contribution in [0.1, 0.15) is 62.0 Å². The van der Waals surface area contributed by atoms with Crippen molar-refractivity contribution >= 4 is 18.0 Å². The molecule has 0 spiro atoms. The van der Waals surface area contributed by atoms with Crippen LogP contribution in [0.3, 0.4) is 0 Å². The monoisotopic (exact) mass is 476 g/mol. The Morgan fingerprint density at radius 1 is 0.971 bits per heavy atom. The average molecular weight is 477 g/mol. The summed E-state index contributed by atoms with van der Waals surface area (Å²) in [6.07, 6.45) is 4.80. The highest BCUT2D eigenvalue weighted by Crippen LogP contribution is 2.44. The van der Waals surface area contributed by atoms with E-state index in [1.807, 2.05) is 24.3 Å². The van der Waals surface area contributed by atoms with Crippen molar-refractivity contribution in [2.45, 2.75) is 56.4 Å². The zero-order chi connectivity index (χ0) is 24.4. The molecule has 1 unspecified atom stereocenters. The highest BCUT2D eigenvalue weighted by atomic mass is 16.5. The molecule has 0 heterocycles. The molecule has 0 aromatic heterocycles. The van der Waals surface area contributed by atoms with Crippen molar-refractivity contribution in [2.24, 2.45) is 11.8 Å². The third kappa shape index (κ3) is 4.90. The number of hydrogen-bond acceptors (Lipinski definition) is 4. The first-order valence-electron chi connectivity index (χ1n) is 12.6. The number of fused-ring (bicyclic) bond motifs is 3. The lowest BCUT2D eigenvalue weighted by Gasteiger charge is -2.24. The van der Waals surface area contributed by atoms with E-state index in [4.69, 9.17) is 4.74 Å². The molecule has 3 aliphatic carbocycles. The second kappa shape index (κ2) is 9.72. The number of ether oxygens (including phenoxy) is 1. The predicted octanol–water partition coefficient (Wildman–Crippen LogP) is 4.46. The van der Waals surface area contributed by atoms with Gasteiger partial charge in [0.15, 0.2) is 0 Å². The summed E-state index contributed by atoms with van der Waals surface area (Å²) < 4.78 is 5.62. The Hall–Kier alpha value is -3.35. The van der Waals surface area contributed by atoms with Crippen LogP contribution in [-0.4, -0.2) is 41.8 Å². The number of carboxylic acids is 1. The van der Waals surface area contributed by atoms with Crippen molar-refractivity contribution in [3.8, 4) is 11.1 Å². The maximum atomic E-state index is 12.9. The Labute approximate surface area is 205 Å². The lowest BCUT2D eigenvalue weighted by atomic mass is 9.88. The van der Waals surface area contributed by atoms with Crippen molar-refractivity contribution in [3.63, 3.8) is 0 Å². The van der Waals surface area contributed by atoms with Gasteiger partial charge in [-0.25, -0.2) is 4.79 Å². The van der Waals surface area contributed by atoms with Gasteiger partial charge in [-0.3, -0.25) is 9.59 Å². The van der Waals surface area contributed by atoms with Crippen LogP contribution in [0.25, 0.3) is 11.1 Å². The van der Waals surface area contributed by atoms with Crippen molar-refractivity contribution in [2.75, 3.05) is 13.2 Å². The minimum absolute atomic E-state index is 0.0414. The fraction of sp³-hybridized carbons (Fsp3) is 0.464. The van der Waals surface area contributed by atoms with Gasteiger partial charge in [-0.1, -0.05) is 74.2 Å². The third-order valence-electron chi connectivity index (χ3n) is 7.90. The number of carbonyl (C=O) groups is 3. The van der Waals surface area contributed by atoms with Gasteiger partial charge in [-0.05, 0) is 46.9 Å². The Balaban J connectivity index is 1.17. The van der Waals surface area contributed by atoms with E-state index in [0.717, 1.165) is 47.9 Å². The summed E-state index contributed by atoms with van der Waals surface area (Å²) in [6, 6.07) is 16.3. The number of rotatable bonds is 9. The van der Waals surface area contributed by atoms with E-state index >= 15 is 0 Å². The third-order valence-corrected chi connectivity index (χ3v) is 7.90. The maximum Gasteiger partial charge on any atom is 0.408 e. The number of benzene rings is 2. The Kier molecular flexibility index (Phi) is 6.50. The van der Waals surface area contributed by atoms with Crippen LogP contribution in [0.5, 0.6) is 0 Å². The van der Waals surface area contributed by atoms with Crippen LogP contribution in [0.4, 0.5) is 4.79 Å². The molecule has 35 heavy (non-hydrogen) atoms. The lowest BCUT2D eigenvalue weighted by molar-refractivity contribution is -0.138. The standard InChI is InChI=1S/C28H32N2O5/c31-25(32)15-19(18-7-1-2-8-18)16-29-26(33)28(13-14-28)30-27(34)35-17-24-22-11-5-3-9-20(22)21-10-4-6-12-23(21)24/h3-6,9-12,18-19,24H,1-2,7-8,13-17H2,(H,29,33)(H,30,34)(H,31,32). The van der Waals surface area contributed by atoms with Crippen LogP contribution >= 0.6 is 0 Å². The Bertz CT molecular complexity index is 1070. The molecule has 2 amide bonds. The molecule has 7 nitrogen and oxygen atoms in total. The number of carbonyl (C=O) groups excluding carboxylic acids is 2. The van der Waals surface area contributed by atoms with E-state index in [9.17, 15) is 19.5 Å². The summed E-state index contributed by atoms with van der Waals surface area (Å²) in [6.45, 7) is 0.518. The summed E-state index contributed by atoms with van der Waals surface area (Å²) in [5.41, 5.74) is 3.64. The van der Waals surface area contributed by atoms with Crippen LogP contribution in [0, 0.1) is 11.8 Å². The second-order valence-electron chi connectivity index (χ2n) is 10.1. The first-order valence-corrected chi connectivity index (χ1v) is 12.6. The molecule has 0 radical (unpaired) electrons. The molecule has 0 saturated heterocycles. The Morgan fingerprint density at radius 3 is 2.14 bits per heavy atom. The minimum Gasteiger partial charge on any atom is -0.481 e. The van der Waals surface area contributed by atoms with Crippen molar-refractivity contribution in [1.82, 2.24) is 10.6 Å². The van der Waals surface area contributed by atoms with Crippen LogP contribution in [-0.2, 0) is 14.3 Å². The van der Waals surface area contributed by atoms with E-state index in [-0.39, 0.29) is 30.8 Å². The summed E-state index contributed by atoms with van der Waals surface area (Å²) in [4.78, 5) is 36.9. The molecule has 2 aromatic carbocycles. The van der Waals surface area contributed by atoms with Gasteiger partial charge in [0.25, 0.3) is 0 Å². The number of carboxylic acid groups (broad SMARTS) is 1. The first-order chi connectivity index (χ1) is 17.0. The van der Waals surface area contributed by atoms with E-state index in [1.165, 1.54) is 0 Å². The topological polar surface area (TPSA) is 105 Å². The molecule has 3 N–H and O–H groups in total. The van der Waals surface area contributed by atoms with Gasteiger partial charge in [0.1, 0.15) is 12.1 Å². The quantitative estimate of drug-likeness (QED) is 0.496. The van der Waals surface area contributed by atoms with E-state index in [2.05, 4.69) is 34.9 Å². The highest BCUT2D eigenvalue weighted by Gasteiger charge is 2.52. The van der Waals surface area contributed by atoms with Gasteiger partial charge in [-0.15, -0.1) is 0 Å². The second-order valence-corrected chi connectivity index (χ2v) is 10.1. The predicted molar refractivity (Wildman–Crippen MR) is 131 cm³/mol. The molecule has 2 saturated carbocycles.